The summed E-state index contributed by atoms with van der Waals surface area (Å²) in [6.07, 6.45) is 7.30. The van der Waals surface area contributed by atoms with Crippen molar-refractivity contribution in [2.45, 2.75) is 153 Å². The number of aromatic nitrogens is 3. The van der Waals surface area contributed by atoms with Crippen LogP contribution in [0.25, 0.3) is 21.6 Å². The third-order valence-electron chi connectivity index (χ3n) is 12.9. The van der Waals surface area contributed by atoms with Crippen LogP contribution in [0.1, 0.15) is 122 Å². The number of benzene rings is 2. The fraction of sp³-hybridized carbons (Fsp3) is 0.542. The third kappa shape index (κ3) is 9.96. The number of hydrogen-bond donors (Lipinski definition) is 3. The van der Waals surface area contributed by atoms with E-state index in [2.05, 4.69) is 51.9 Å². The predicted octanol–water partition coefficient (Wildman–Crippen LogP) is 7.28. The van der Waals surface area contributed by atoms with E-state index in [4.69, 9.17) is 19.4 Å². The first kappa shape index (κ1) is 46.2. The molecule has 4 aliphatic rings. The number of aryl methyl sites for hydroxylation is 1. The molecule has 1 saturated heterocycles. The van der Waals surface area contributed by atoms with Crippen molar-refractivity contribution < 1.29 is 37.1 Å². The van der Waals surface area contributed by atoms with E-state index in [0.29, 0.717) is 50.1 Å². The van der Waals surface area contributed by atoms with Gasteiger partial charge in [-0.1, -0.05) is 60.9 Å². The predicted molar refractivity (Wildman–Crippen MR) is 249 cm³/mol. The number of amides is 4. The number of alkyl carbamates (subject to hydrolysis) is 1. The van der Waals surface area contributed by atoms with Crippen LogP contribution in [0, 0.1) is 12.8 Å². The molecule has 2 aromatic carbocycles. The maximum Gasteiger partial charge on any atom is 0.408 e. The fourth-order valence-electron chi connectivity index (χ4n) is 8.82. The van der Waals surface area contributed by atoms with Gasteiger partial charge in [-0.3, -0.25) is 23.7 Å². The van der Waals surface area contributed by atoms with Gasteiger partial charge in [-0.2, -0.15) is 4.98 Å². The molecule has 4 amide bonds. The first-order valence-electron chi connectivity index (χ1n) is 22.8. The summed E-state index contributed by atoms with van der Waals surface area (Å²) in [7, 11) is -4.01. The second kappa shape index (κ2) is 17.8. The van der Waals surface area contributed by atoms with Crippen molar-refractivity contribution in [1.29, 1.82) is 0 Å². The van der Waals surface area contributed by atoms with Gasteiger partial charge in [-0.15, -0.1) is 11.3 Å². The van der Waals surface area contributed by atoms with Gasteiger partial charge in [0.2, 0.25) is 21.8 Å². The molecule has 0 radical (unpaired) electrons. The van der Waals surface area contributed by atoms with E-state index in [1.165, 1.54) is 16.0 Å². The van der Waals surface area contributed by atoms with Crippen LogP contribution < -0.4 is 20.1 Å². The number of para-hydroxylation sites is 1. The van der Waals surface area contributed by atoms with Crippen LogP contribution >= 0.6 is 11.3 Å². The van der Waals surface area contributed by atoms with Crippen LogP contribution in [-0.4, -0.2) is 92.3 Å². The van der Waals surface area contributed by atoms with Crippen LogP contribution in [-0.2, 0) is 35.6 Å². The first-order valence-corrected chi connectivity index (χ1v) is 25.2. The van der Waals surface area contributed by atoms with Gasteiger partial charge in [-0.25, -0.2) is 18.2 Å². The molecule has 5 atom stereocenters. The SMILES string of the molecule is Cc1ccc(Cc2csc(-c3cccc4c3nc(OC3CC5C(=O)NC6(C(=O)NS(=O)(=O)C7(C)CC7)CC6C=CCCCCCC(NC(=O)OC(C)(C)C)C(=O)N5C3)n4C(C)C)n2)cc1. The van der Waals surface area contributed by atoms with Crippen LogP contribution in [0.4, 0.5) is 4.79 Å². The maximum absolute atomic E-state index is 14.8. The summed E-state index contributed by atoms with van der Waals surface area (Å²) in [4.78, 5) is 68.2. The molecular formula is C48H61N7O8S2. The molecule has 2 saturated carbocycles. The Labute approximate surface area is 385 Å². The lowest BCUT2D eigenvalue weighted by Crippen LogP contribution is -2.58. The van der Waals surface area contributed by atoms with Crippen molar-refractivity contribution in [1.82, 2.24) is 34.8 Å². The Morgan fingerprint density at radius 3 is 2.51 bits per heavy atom. The van der Waals surface area contributed by atoms with E-state index in [-0.39, 0.29) is 25.4 Å². The Morgan fingerprint density at radius 2 is 1.80 bits per heavy atom. The molecule has 3 fully saturated rings. The number of fused-ring (bicyclic) bond motifs is 3. The molecule has 8 rings (SSSR count). The molecule has 0 spiro atoms. The molecule has 2 aromatic heterocycles. The minimum absolute atomic E-state index is 0.0261. The van der Waals surface area contributed by atoms with Gasteiger partial charge in [-0.05, 0) is 105 Å². The number of sulfonamides is 1. The van der Waals surface area contributed by atoms with Crippen molar-refractivity contribution in [2.24, 2.45) is 5.92 Å². The molecule has 2 aliphatic carbocycles. The van der Waals surface area contributed by atoms with E-state index < -0.39 is 73.8 Å². The van der Waals surface area contributed by atoms with Gasteiger partial charge in [0.15, 0.2) is 0 Å². The Bertz CT molecular complexity index is 2610. The Kier molecular flexibility index (Phi) is 12.7. The largest absolute Gasteiger partial charge is 0.459 e. The summed E-state index contributed by atoms with van der Waals surface area (Å²) < 4.78 is 42.2. The monoisotopic (exact) mass is 927 g/mol. The zero-order chi connectivity index (χ0) is 46.5. The van der Waals surface area contributed by atoms with E-state index in [9.17, 15) is 27.6 Å². The minimum atomic E-state index is -4.01. The van der Waals surface area contributed by atoms with E-state index >= 15 is 0 Å². The molecular weight excluding hydrogens is 867 g/mol. The quantitative estimate of drug-likeness (QED) is 0.136. The molecule has 2 aliphatic heterocycles. The number of carbonyl (C=O) groups is 4. The summed E-state index contributed by atoms with van der Waals surface area (Å²) in [5.74, 6) is -2.36. The van der Waals surface area contributed by atoms with Crippen molar-refractivity contribution in [3.8, 4) is 16.6 Å². The number of rotatable bonds is 10. The number of nitrogens with one attached hydrogen (secondary N) is 3. The van der Waals surface area contributed by atoms with Gasteiger partial charge in [0.25, 0.3) is 11.9 Å². The lowest BCUT2D eigenvalue weighted by molar-refractivity contribution is -0.141. The number of hydrogen-bond acceptors (Lipinski definition) is 11. The highest BCUT2D eigenvalue weighted by molar-refractivity contribution is 7.91. The average molecular weight is 928 g/mol. The fourth-order valence-corrected chi connectivity index (χ4v) is 11.0. The second-order valence-corrected chi connectivity index (χ2v) is 22.8. The second-order valence-electron chi connectivity index (χ2n) is 19.7. The van der Waals surface area contributed by atoms with Crippen molar-refractivity contribution >= 4 is 56.2 Å². The zero-order valence-electron chi connectivity index (χ0n) is 38.3. The van der Waals surface area contributed by atoms with Gasteiger partial charge >= 0.3 is 6.09 Å². The molecule has 17 heteroatoms. The lowest BCUT2D eigenvalue weighted by atomic mass is 10.0. The maximum atomic E-state index is 14.8. The third-order valence-corrected chi connectivity index (χ3v) is 16.0. The molecule has 4 aromatic rings. The normalized spacial score (nSPS) is 24.6. The highest BCUT2D eigenvalue weighted by atomic mass is 32.2. The zero-order valence-corrected chi connectivity index (χ0v) is 39.9. The van der Waals surface area contributed by atoms with Gasteiger partial charge in [0, 0.05) is 35.7 Å². The summed E-state index contributed by atoms with van der Waals surface area (Å²) >= 11 is 1.55. The standard InChI is InChI=1S/C48H61N7O8S2/c1-29(2)55-37-17-13-15-35(41-49-33(28-64-41)24-31-20-18-30(3)19-21-31)39(37)51-44(55)62-34-25-38-40(56)52-48(43(58)53-65(60,61)47(7)22-23-47)26-32(48)14-11-9-8-10-12-16-36(42(57)54(38)27-34)50-45(59)63-46(4,5)6/h11,13-15,17-21,28-29,32,34,36,38H,8-10,12,16,22-27H2,1-7H3,(H,50,59)(H,52,56)(H,53,58). The van der Waals surface area contributed by atoms with Gasteiger partial charge < -0.3 is 25.0 Å². The number of carbonyl (C=O) groups excluding carboxylic acids is 4. The highest BCUT2D eigenvalue weighted by Crippen LogP contribution is 2.48. The number of thiazole rings is 1. The number of ether oxygens (including phenoxy) is 2. The lowest BCUT2D eigenvalue weighted by Gasteiger charge is -2.30. The van der Waals surface area contributed by atoms with Gasteiger partial charge in [0.05, 0.1) is 22.5 Å². The van der Waals surface area contributed by atoms with Crippen LogP contribution in [0.5, 0.6) is 6.01 Å². The molecule has 348 valence electrons. The molecule has 0 bridgehead atoms. The van der Waals surface area contributed by atoms with Crippen LogP contribution in [0.15, 0.2) is 60.0 Å². The van der Waals surface area contributed by atoms with Crippen LogP contribution in [0.3, 0.4) is 0 Å². The van der Waals surface area contributed by atoms with E-state index in [0.717, 1.165) is 34.6 Å². The van der Waals surface area contributed by atoms with Crippen molar-refractivity contribution in [3.05, 3.63) is 76.8 Å². The molecule has 15 nitrogen and oxygen atoms in total. The average Bonchev–Trinajstić information content (AvgIpc) is 3.92. The minimum Gasteiger partial charge on any atom is -0.459 e. The summed E-state index contributed by atoms with van der Waals surface area (Å²) in [6.45, 7) is 12.9. The van der Waals surface area contributed by atoms with Crippen molar-refractivity contribution in [2.75, 3.05) is 6.54 Å². The van der Waals surface area contributed by atoms with Gasteiger partial charge in [0.1, 0.15) is 39.9 Å². The smallest absolute Gasteiger partial charge is 0.408 e. The first-order chi connectivity index (χ1) is 30.8. The Balaban J connectivity index is 1.11. The number of imidazole rings is 1. The topological polar surface area (TPSA) is 191 Å². The Morgan fingerprint density at radius 1 is 1.05 bits per heavy atom. The van der Waals surface area contributed by atoms with E-state index in [1.807, 2.05) is 48.8 Å². The number of allylic oxidation sites excluding steroid dienone is 1. The van der Waals surface area contributed by atoms with E-state index in [1.54, 1.807) is 39.0 Å². The van der Waals surface area contributed by atoms with Crippen molar-refractivity contribution in [3.63, 3.8) is 0 Å². The summed E-state index contributed by atoms with van der Waals surface area (Å²) in [6, 6.07) is 12.4. The molecule has 65 heavy (non-hydrogen) atoms. The highest BCUT2D eigenvalue weighted by Gasteiger charge is 2.63. The molecule has 3 N–H and O–H groups in total. The Hall–Kier alpha value is -5.29. The molecule has 4 heterocycles. The summed E-state index contributed by atoms with van der Waals surface area (Å²) in [5.41, 5.74) is 3.36. The van der Waals surface area contributed by atoms with Crippen LogP contribution in [0.2, 0.25) is 0 Å². The number of nitrogens with zero attached hydrogens (tertiary/aromatic N) is 4. The molecule has 5 unspecified atom stereocenters. The summed E-state index contributed by atoms with van der Waals surface area (Å²) in [5, 5.41) is 8.61.